The maximum absolute atomic E-state index is 11.8. The fourth-order valence-corrected chi connectivity index (χ4v) is 3.45. The molecular weight excluding hydrogens is 266 g/mol. The molecule has 0 heterocycles. The molecule has 0 aromatic rings. The molecule has 0 radical (unpaired) electrons. The van der Waals surface area contributed by atoms with E-state index in [1.54, 1.807) is 0 Å². The Morgan fingerprint density at radius 1 is 1.47 bits per heavy atom. The van der Waals surface area contributed by atoms with E-state index in [0.29, 0.717) is 18.8 Å². The van der Waals surface area contributed by atoms with Crippen molar-refractivity contribution in [2.75, 3.05) is 18.9 Å². The van der Waals surface area contributed by atoms with Gasteiger partial charge in [-0.05, 0) is 32.6 Å². The highest BCUT2D eigenvalue weighted by Gasteiger charge is 2.33. The summed E-state index contributed by atoms with van der Waals surface area (Å²) in [6.45, 7) is 6.12. The minimum absolute atomic E-state index is 0.0265. The molecule has 5 nitrogen and oxygen atoms in total. The molecule has 19 heavy (non-hydrogen) atoms. The van der Waals surface area contributed by atoms with Crippen LogP contribution in [0, 0.1) is 5.92 Å². The summed E-state index contributed by atoms with van der Waals surface area (Å²) < 4.78 is 31.3. The number of hydrogen-bond donors (Lipinski definition) is 2. The van der Waals surface area contributed by atoms with Gasteiger partial charge in [0, 0.05) is 6.54 Å². The second kappa shape index (κ2) is 7.02. The third-order valence-corrected chi connectivity index (χ3v) is 4.78. The lowest BCUT2D eigenvalue weighted by molar-refractivity contribution is -0.00758. The van der Waals surface area contributed by atoms with Gasteiger partial charge < -0.3 is 9.84 Å². The van der Waals surface area contributed by atoms with E-state index in [4.69, 9.17) is 4.74 Å². The molecule has 0 spiro atoms. The third kappa shape index (κ3) is 6.70. The zero-order chi connectivity index (χ0) is 14.5. The zero-order valence-electron chi connectivity index (χ0n) is 12.2. The number of sulfonamides is 1. The first-order valence-electron chi connectivity index (χ1n) is 7.04. The van der Waals surface area contributed by atoms with Crippen molar-refractivity contribution in [3.63, 3.8) is 0 Å². The summed E-state index contributed by atoms with van der Waals surface area (Å²) in [6, 6.07) is 0. The fourth-order valence-electron chi connectivity index (χ4n) is 2.50. The molecule has 2 unspecified atom stereocenters. The number of hydrogen-bond acceptors (Lipinski definition) is 4. The van der Waals surface area contributed by atoms with Crippen molar-refractivity contribution in [1.29, 1.82) is 0 Å². The van der Waals surface area contributed by atoms with E-state index in [0.717, 1.165) is 12.8 Å². The molecule has 114 valence electrons. The molecule has 0 saturated heterocycles. The molecule has 0 bridgehead atoms. The van der Waals surface area contributed by atoms with Crippen LogP contribution in [0.3, 0.4) is 0 Å². The van der Waals surface area contributed by atoms with Gasteiger partial charge in [0.05, 0.1) is 24.1 Å². The van der Waals surface area contributed by atoms with E-state index in [1.165, 1.54) is 0 Å². The first-order valence-corrected chi connectivity index (χ1v) is 8.69. The van der Waals surface area contributed by atoms with Gasteiger partial charge in [0.2, 0.25) is 10.0 Å². The van der Waals surface area contributed by atoms with Crippen LogP contribution in [0.2, 0.25) is 0 Å². The largest absolute Gasteiger partial charge is 0.389 e. The molecule has 0 amide bonds. The third-order valence-electron chi connectivity index (χ3n) is 3.49. The van der Waals surface area contributed by atoms with Crippen LogP contribution in [0.1, 0.15) is 46.5 Å². The molecule has 1 fully saturated rings. The molecule has 6 heteroatoms. The lowest BCUT2D eigenvalue weighted by Gasteiger charge is -2.35. The summed E-state index contributed by atoms with van der Waals surface area (Å²) in [4.78, 5) is 0. The van der Waals surface area contributed by atoms with Gasteiger partial charge in [0.1, 0.15) is 0 Å². The summed E-state index contributed by atoms with van der Waals surface area (Å²) in [5.74, 6) is 0.393. The first kappa shape index (κ1) is 16.9. The topological polar surface area (TPSA) is 75.6 Å². The average molecular weight is 293 g/mol. The minimum atomic E-state index is -3.37. The standard InChI is InChI=1S/C13H27NO4S/c1-11(2)18-7-8-19(16,17)14-10-13(15)6-4-5-12(3)9-13/h11-12,14-15H,4-10H2,1-3H3. The highest BCUT2D eigenvalue weighted by molar-refractivity contribution is 7.89. The van der Waals surface area contributed by atoms with Crippen molar-refractivity contribution in [2.24, 2.45) is 5.92 Å². The summed E-state index contributed by atoms with van der Waals surface area (Å²) in [6.07, 6.45) is 3.42. The lowest BCUT2D eigenvalue weighted by atomic mass is 9.79. The average Bonchev–Trinajstić information content (AvgIpc) is 2.26. The van der Waals surface area contributed by atoms with Crippen molar-refractivity contribution >= 4 is 10.0 Å². The second-order valence-corrected chi connectivity index (χ2v) is 7.91. The SMILES string of the molecule is CC1CCCC(O)(CNS(=O)(=O)CCOC(C)C)C1. The van der Waals surface area contributed by atoms with Crippen molar-refractivity contribution in [3.05, 3.63) is 0 Å². The summed E-state index contributed by atoms with van der Waals surface area (Å²) >= 11 is 0. The van der Waals surface area contributed by atoms with E-state index in [9.17, 15) is 13.5 Å². The summed E-state index contributed by atoms with van der Waals surface area (Å²) in [5, 5.41) is 10.4. The van der Waals surface area contributed by atoms with Gasteiger partial charge in [-0.15, -0.1) is 0 Å². The quantitative estimate of drug-likeness (QED) is 0.741. The Bertz CT molecular complexity index is 369. The van der Waals surface area contributed by atoms with Crippen LogP contribution in [-0.2, 0) is 14.8 Å². The Balaban J connectivity index is 2.37. The molecule has 1 rings (SSSR count). The van der Waals surface area contributed by atoms with Gasteiger partial charge in [0.25, 0.3) is 0 Å². The van der Waals surface area contributed by atoms with E-state index >= 15 is 0 Å². The molecule has 1 saturated carbocycles. The fraction of sp³-hybridized carbons (Fsp3) is 1.00. The monoisotopic (exact) mass is 293 g/mol. The minimum Gasteiger partial charge on any atom is -0.389 e. The van der Waals surface area contributed by atoms with Gasteiger partial charge in [-0.25, -0.2) is 13.1 Å². The Morgan fingerprint density at radius 3 is 2.74 bits per heavy atom. The number of rotatable bonds is 7. The smallest absolute Gasteiger partial charge is 0.213 e. The van der Waals surface area contributed by atoms with E-state index in [-0.39, 0.29) is 25.0 Å². The van der Waals surface area contributed by atoms with Crippen LogP contribution < -0.4 is 4.72 Å². The molecule has 1 aliphatic rings. The predicted octanol–water partition coefficient (Wildman–Crippen LogP) is 1.27. The van der Waals surface area contributed by atoms with Crippen LogP contribution in [0.5, 0.6) is 0 Å². The number of nitrogens with one attached hydrogen (secondary N) is 1. The van der Waals surface area contributed by atoms with Gasteiger partial charge >= 0.3 is 0 Å². The molecule has 0 aromatic heterocycles. The molecule has 2 N–H and O–H groups in total. The van der Waals surface area contributed by atoms with Crippen molar-refractivity contribution in [3.8, 4) is 0 Å². The highest BCUT2D eigenvalue weighted by Crippen LogP contribution is 2.31. The van der Waals surface area contributed by atoms with Crippen molar-refractivity contribution < 1.29 is 18.3 Å². The molecular formula is C13H27NO4S. The number of ether oxygens (including phenoxy) is 1. The molecule has 0 aromatic carbocycles. The summed E-state index contributed by atoms with van der Waals surface area (Å²) in [7, 11) is -3.37. The molecule has 2 atom stereocenters. The zero-order valence-corrected chi connectivity index (χ0v) is 13.0. The van der Waals surface area contributed by atoms with E-state index in [1.807, 2.05) is 13.8 Å². The van der Waals surface area contributed by atoms with Crippen LogP contribution in [0.25, 0.3) is 0 Å². The lowest BCUT2D eigenvalue weighted by Crippen LogP contribution is -2.46. The van der Waals surface area contributed by atoms with Gasteiger partial charge in [-0.3, -0.25) is 0 Å². The van der Waals surface area contributed by atoms with Gasteiger partial charge in [0.15, 0.2) is 0 Å². The maximum Gasteiger partial charge on any atom is 0.213 e. The van der Waals surface area contributed by atoms with Crippen LogP contribution in [-0.4, -0.2) is 44.1 Å². The van der Waals surface area contributed by atoms with Gasteiger partial charge in [-0.2, -0.15) is 0 Å². The molecule has 0 aliphatic heterocycles. The van der Waals surface area contributed by atoms with Crippen LogP contribution in [0.4, 0.5) is 0 Å². The summed E-state index contributed by atoms with van der Waals surface area (Å²) in [5.41, 5.74) is -0.885. The second-order valence-electron chi connectivity index (χ2n) is 5.99. The van der Waals surface area contributed by atoms with Crippen LogP contribution in [0.15, 0.2) is 0 Å². The molecule has 1 aliphatic carbocycles. The Hall–Kier alpha value is -0.170. The van der Waals surface area contributed by atoms with E-state index in [2.05, 4.69) is 11.6 Å². The number of aliphatic hydroxyl groups is 1. The van der Waals surface area contributed by atoms with Crippen LogP contribution >= 0.6 is 0 Å². The highest BCUT2D eigenvalue weighted by atomic mass is 32.2. The maximum atomic E-state index is 11.8. The normalized spacial score (nSPS) is 28.8. The van der Waals surface area contributed by atoms with Gasteiger partial charge in [-0.1, -0.05) is 19.8 Å². The predicted molar refractivity (Wildman–Crippen MR) is 75.5 cm³/mol. The van der Waals surface area contributed by atoms with E-state index < -0.39 is 15.6 Å². The van der Waals surface area contributed by atoms with Crippen molar-refractivity contribution in [1.82, 2.24) is 4.72 Å². The Kier molecular flexibility index (Phi) is 6.23. The Labute approximate surface area is 116 Å². The van der Waals surface area contributed by atoms with Crippen molar-refractivity contribution in [2.45, 2.75) is 58.2 Å². The first-order chi connectivity index (χ1) is 8.72. The Morgan fingerprint density at radius 2 is 2.16 bits per heavy atom.